The van der Waals surface area contributed by atoms with Gasteiger partial charge < -0.3 is 5.32 Å². The van der Waals surface area contributed by atoms with Crippen molar-refractivity contribution in [1.82, 2.24) is 0 Å². The molecule has 0 radical (unpaired) electrons. The third-order valence-electron chi connectivity index (χ3n) is 4.47. The predicted molar refractivity (Wildman–Crippen MR) is 112 cm³/mol. The van der Waals surface area contributed by atoms with E-state index < -0.39 is 15.8 Å². The SMILES string of the molecule is Cc1ccc(C)c(NC(=O)c2cccc(NS(=O)(=O)c3ccc(C)c(F)c3)c2)c1. The smallest absolute Gasteiger partial charge is 0.261 e. The number of amides is 1. The zero-order valence-corrected chi connectivity index (χ0v) is 17.1. The third-order valence-corrected chi connectivity index (χ3v) is 5.85. The number of anilines is 2. The Balaban J connectivity index is 1.82. The van der Waals surface area contributed by atoms with Gasteiger partial charge in [-0.25, -0.2) is 12.8 Å². The molecule has 0 heterocycles. The summed E-state index contributed by atoms with van der Waals surface area (Å²) in [7, 11) is -3.99. The van der Waals surface area contributed by atoms with Gasteiger partial charge in [-0.2, -0.15) is 0 Å². The van der Waals surface area contributed by atoms with Crippen LogP contribution in [-0.2, 0) is 10.0 Å². The molecule has 29 heavy (non-hydrogen) atoms. The highest BCUT2D eigenvalue weighted by Gasteiger charge is 2.17. The van der Waals surface area contributed by atoms with E-state index >= 15 is 0 Å². The van der Waals surface area contributed by atoms with Gasteiger partial charge in [0.1, 0.15) is 5.82 Å². The Kier molecular flexibility index (Phi) is 5.70. The quantitative estimate of drug-likeness (QED) is 0.632. The summed E-state index contributed by atoms with van der Waals surface area (Å²) in [6, 6.07) is 15.6. The second kappa shape index (κ2) is 8.05. The van der Waals surface area contributed by atoms with Gasteiger partial charge in [-0.3, -0.25) is 9.52 Å². The number of rotatable bonds is 5. The fourth-order valence-electron chi connectivity index (χ4n) is 2.74. The first-order valence-electron chi connectivity index (χ1n) is 8.93. The molecule has 0 fully saturated rings. The van der Waals surface area contributed by atoms with Gasteiger partial charge in [0, 0.05) is 16.9 Å². The number of benzene rings is 3. The number of hydrogen-bond donors (Lipinski definition) is 2. The minimum Gasteiger partial charge on any atom is -0.322 e. The molecule has 0 saturated carbocycles. The molecule has 0 bridgehead atoms. The van der Waals surface area contributed by atoms with Gasteiger partial charge in [-0.15, -0.1) is 0 Å². The van der Waals surface area contributed by atoms with E-state index in [-0.39, 0.29) is 16.5 Å². The van der Waals surface area contributed by atoms with Crippen LogP contribution >= 0.6 is 0 Å². The predicted octanol–water partition coefficient (Wildman–Crippen LogP) is 4.80. The number of halogens is 1. The lowest BCUT2D eigenvalue weighted by Crippen LogP contribution is -2.15. The molecule has 2 N–H and O–H groups in total. The van der Waals surface area contributed by atoms with Gasteiger partial charge in [0.05, 0.1) is 4.90 Å². The topological polar surface area (TPSA) is 75.3 Å². The lowest BCUT2D eigenvalue weighted by Gasteiger charge is -2.12. The van der Waals surface area contributed by atoms with Crippen LogP contribution in [0.25, 0.3) is 0 Å². The van der Waals surface area contributed by atoms with Crippen molar-refractivity contribution in [2.45, 2.75) is 25.7 Å². The second-order valence-electron chi connectivity index (χ2n) is 6.87. The Morgan fingerprint density at radius 3 is 2.34 bits per heavy atom. The molecule has 0 aliphatic carbocycles. The molecule has 3 rings (SSSR count). The van der Waals surface area contributed by atoms with Crippen LogP contribution in [0, 0.1) is 26.6 Å². The molecular weight excluding hydrogens is 391 g/mol. The highest BCUT2D eigenvalue weighted by Crippen LogP contribution is 2.21. The van der Waals surface area contributed by atoms with Crippen LogP contribution in [0.5, 0.6) is 0 Å². The number of nitrogens with one attached hydrogen (secondary N) is 2. The maximum Gasteiger partial charge on any atom is 0.261 e. The van der Waals surface area contributed by atoms with Crippen molar-refractivity contribution in [2.24, 2.45) is 0 Å². The fourth-order valence-corrected chi connectivity index (χ4v) is 3.80. The van der Waals surface area contributed by atoms with Gasteiger partial charge in [-0.05, 0) is 73.9 Å². The van der Waals surface area contributed by atoms with E-state index in [9.17, 15) is 17.6 Å². The zero-order valence-electron chi connectivity index (χ0n) is 16.3. The van der Waals surface area contributed by atoms with Crippen molar-refractivity contribution < 1.29 is 17.6 Å². The maximum atomic E-state index is 13.7. The molecule has 0 unspecified atom stereocenters. The molecule has 0 aromatic heterocycles. The Hall–Kier alpha value is -3.19. The van der Waals surface area contributed by atoms with E-state index in [0.29, 0.717) is 16.8 Å². The van der Waals surface area contributed by atoms with Crippen molar-refractivity contribution in [2.75, 3.05) is 10.0 Å². The summed E-state index contributed by atoms with van der Waals surface area (Å²) in [5, 5.41) is 2.84. The molecule has 0 aliphatic rings. The van der Waals surface area contributed by atoms with Crippen molar-refractivity contribution >= 4 is 27.3 Å². The summed E-state index contributed by atoms with van der Waals surface area (Å²) in [5.74, 6) is -0.962. The average Bonchev–Trinajstić information content (AvgIpc) is 2.66. The molecule has 5 nitrogen and oxygen atoms in total. The van der Waals surface area contributed by atoms with Crippen LogP contribution in [0.2, 0.25) is 0 Å². The molecule has 1 amide bonds. The van der Waals surface area contributed by atoms with Crippen molar-refractivity contribution in [3.63, 3.8) is 0 Å². The minimum atomic E-state index is -3.99. The highest BCUT2D eigenvalue weighted by molar-refractivity contribution is 7.92. The molecule has 150 valence electrons. The normalized spacial score (nSPS) is 11.2. The summed E-state index contributed by atoms with van der Waals surface area (Å²) >= 11 is 0. The number of carbonyl (C=O) groups excluding carboxylic acids is 1. The van der Waals surface area contributed by atoms with E-state index in [4.69, 9.17) is 0 Å². The molecular formula is C22H21FN2O3S. The Labute approximate surface area is 169 Å². The summed E-state index contributed by atoms with van der Waals surface area (Å²) in [4.78, 5) is 12.4. The van der Waals surface area contributed by atoms with Crippen molar-refractivity contribution in [1.29, 1.82) is 0 Å². The minimum absolute atomic E-state index is 0.189. The van der Waals surface area contributed by atoms with Crippen LogP contribution in [0.1, 0.15) is 27.0 Å². The van der Waals surface area contributed by atoms with Crippen LogP contribution in [0.4, 0.5) is 15.8 Å². The van der Waals surface area contributed by atoms with Crippen LogP contribution < -0.4 is 10.0 Å². The average molecular weight is 412 g/mol. The number of hydrogen-bond acceptors (Lipinski definition) is 3. The molecule has 0 saturated heterocycles. The number of carbonyl (C=O) groups is 1. The molecule has 0 aliphatic heterocycles. The Morgan fingerprint density at radius 2 is 1.62 bits per heavy atom. The standard InChI is InChI=1S/C22H21FN2O3S/c1-14-7-8-16(3)21(11-14)24-22(26)17-5-4-6-18(12-17)25-29(27,28)19-10-9-15(2)20(23)13-19/h4-13,25H,1-3H3,(H,24,26). The zero-order chi connectivity index (χ0) is 21.2. The lowest BCUT2D eigenvalue weighted by molar-refractivity contribution is 0.102. The largest absolute Gasteiger partial charge is 0.322 e. The Morgan fingerprint density at radius 1 is 0.897 bits per heavy atom. The van der Waals surface area contributed by atoms with E-state index in [1.165, 1.54) is 24.3 Å². The highest BCUT2D eigenvalue weighted by atomic mass is 32.2. The van der Waals surface area contributed by atoms with Crippen molar-refractivity contribution in [3.8, 4) is 0 Å². The molecule has 3 aromatic rings. The van der Waals surface area contributed by atoms with Gasteiger partial charge in [0.2, 0.25) is 0 Å². The lowest BCUT2D eigenvalue weighted by atomic mass is 10.1. The summed E-state index contributed by atoms with van der Waals surface area (Å²) in [6.07, 6.45) is 0. The molecule has 3 aromatic carbocycles. The summed E-state index contributed by atoms with van der Waals surface area (Å²) < 4.78 is 41.2. The van der Waals surface area contributed by atoms with E-state index in [1.807, 2.05) is 32.0 Å². The monoisotopic (exact) mass is 412 g/mol. The van der Waals surface area contributed by atoms with Gasteiger partial charge in [-0.1, -0.05) is 24.3 Å². The maximum absolute atomic E-state index is 13.7. The first-order valence-corrected chi connectivity index (χ1v) is 10.4. The van der Waals surface area contributed by atoms with Gasteiger partial charge >= 0.3 is 0 Å². The van der Waals surface area contributed by atoms with Crippen LogP contribution in [0.15, 0.2) is 65.6 Å². The van der Waals surface area contributed by atoms with Gasteiger partial charge in [0.15, 0.2) is 0 Å². The second-order valence-corrected chi connectivity index (χ2v) is 8.55. The summed E-state index contributed by atoms with van der Waals surface area (Å²) in [6.45, 7) is 5.37. The van der Waals surface area contributed by atoms with E-state index in [0.717, 1.165) is 17.2 Å². The van der Waals surface area contributed by atoms with Gasteiger partial charge in [0.25, 0.3) is 15.9 Å². The summed E-state index contributed by atoms with van der Waals surface area (Å²) in [5.41, 5.74) is 3.48. The molecule has 0 spiro atoms. The first-order chi connectivity index (χ1) is 13.7. The van der Waals surface area contributed by atoms with Crippen LogP contribution in [-0.4, -0.2) is 14.3 Å². The molecule has 0 atom stereocenters. The van der Waals surface area contributed by atoms with E-state index in [1.54, 1.807) is 19.1 Å². The number of aryl methyl sites for hydroxylation is 3. The van der Waals surface area contributed by atoms with Crippen molar-refractivity contribution in [3.05, 3.63) is 88.7 Å². The van der Waals surface area contributed by atoms with E-state index in [2.05, 4.69) is 10.0 Å². The third kappa shape index (κ3) is 4.81. The first kappa shape index (κ1) is 20.5. The Bertz CT molecular complexity index is 1190. The van der Waals surface area contributed by atoms with Crippen LogP contribution in [0.3, 0.4) is 0 Å². The molecule has 7 heteroatoms. The fraction of sp³-hybridized carbons (Fsp3) is 0.136. The number of sulfonamides is 1.